The summed E-state index contributed by atoms with van der Waals surface area (Å²) in [6.07, 6.45) is 2.46. The Morgan fingerprint density at radius 3 is 2.53 bits per heavy atom. The van der Waals surface area contributed by atoms with Crippen LogP contribution in [0.1, 0.15) is 18.9 Å². The van der Waals surface area contributed by atoms with Gasteiger partial charge in [0.15, 0.2) is 0 Å². The van der Waals surface area contributed by atoms with Crippen LogP contribution in [0.25, 0.3) is 16.3 Å². The first-order valence-electron chi connectivity index (χ1n) is 5.65. The summed E-state index contributed by atoms with van der Waals surface area (Å²) in [5.41, 5.74) is 1.14. The molecule has 0 fully saturated rings. The second-order valence-electron chi connectivity index (χ2n) is 3.89. The van der Waals surface area contributed by atoms with E-state index in [1.165, 1.54) is 0 Å². The Labute approximate surface area is 100 Å². The molecule has 0 amide bonds. The summed E-state index contributed by atoms with van der Waals surface area (Å²) in [5, 5.41) is 11.3. The first-order valence-corrected chi connectivity index (χ1v) is 5.65. The van der Waals surface area contributed by atoms with Crippen molar-refractivity contribution in [3.8, 4) is 0 Å². The van der Waals surface area contributed by atoms with E-state index < -0.39 is 5.97 Å². The van der Waals surface area contributed by atoms with E-state index in [9.17, 15) is 4.79 Å². The molecule has 0 aliphatic heterocycles. The first kappa shape index (κ1) is 11.4. The van der Waals surface area contributed by atoms with Crippen LogP contribution in [0.2, 0.25) is 0 Å². The fraction of sp³-hybridized carbons (Fsp3) is 0.133. The molecule has 0 saturated heterocycles. The molecule has 0 radical (unpaired) electrons. The van der Waals surface area contributed by atoms with Crippen LogP contribution < -0.4 is 0 Å². The minimum Gasteiger partial charge on any atom is -0.478 e. The third-order valence-corrected chi connectivity index (χ3v) is 2.70. The van der Waals surface area contributed by atoms with Crippen LogP contribution in [0.15, 0.2) is 48.5 Å². The average molecular weight is 226 g/mol. The molecule has 0 aliphatic carbocycles. The lowest BCUT2D eigenvalue weighted by Crippen LogP contribution is -1.99. The Morgan fingerprint density at radius 1 is 1.18 bits per heavy atom. The lowest BCUT2D eigenvalue weighted by Gasteiger charge is -2.04. The molecular formula is C15H14O2. The van der Waals surface area contributed by atoms with Gasteiger partial charge < -0.3 is 5.11 Å². The van der Waals surface area contributed by atoms with E-state index in [4.69, 9.17) is 5.11 Å². The Kier molecular flexibility index (Phi) is 3.24. The van der Waals surface area contributed by atoms with Crippen molar-refractivity contribution in [3.05, 3.63) is 54.1 Å². The van der Waals surface area contributed by atoms with Gasteiger partial charge in [0.25, 0.3) is 0 Å². The van der Waals surface area contributed by atoms with Gasteiger partial charge in [-0.05, 0) is 28.8 Å². The molecule has 0 atom stereocenters. The van der Waals surface area contributed by atoms with Gasteiger partial charge in [0.1, 0.15) is 0 Å². The number of aliphatic carboxylic acids is 1. The Morgan fingerprint density at radius 2 is 1.88 bits per heavy atom. The second kappa shape index (κ2) is 4.83. The van der Waals surface area contributed by atoms with Crippen molar-refractivity contribution in [1.82, 2.24) is 0 Å². The summed E-state index contributed by atoms with van der Waals surface area (Å²) in [6, 6.07) is 13.7. The molecule has 2 nitrogen and oxygen atoms in total. The number of benzene rings is 2. The van der Waals surface area contributed by atoms with E-state index in [2.05, 4.69) is 0 Å². The van der Waals surface area contributed by atoms with Crippen molar-refractivity contribution >= 4 is 22.3 Å². The van der Waals surface area contributed by atoms with Crippen LogP contribution in [0.3, 0.4) is 0 Å². The standard InChI is InChI=1S/C15H14O2/c1-2-5-14(15(16)17)13-9-8-11-6-3-4-7-12(11)10-13/h3-10H,2H2,1H3,(H,16,17). The van der Waals surface area contributed by atoms with E-state index in [-0.39, 0.29) is 0 Å². The zero-order valence-electron chi connectivity index (χ0n) is 9.68. The number of rotatable bonds is 3. The van der Waals surface area contributed by atoms with Gasteiger partial charge in [0.2, 0.25) is 0 Å². The predicted octanol–water partition coefficient (Wildman–Crippen LogP) is 3.72. The van der Waals surface area contributed by atoms with Crippen LogP contribution >= 0.6 is 0 Å². The first-order chi connectivity index (χ1) is 8.22. The van der Waals surface area contributed by atoms with E-state index >= 15 is 0 Å². The van der Waals surface area contributed by atoms with Gasteiger partial charge in [0.05, 0.1) is 5.57 Å². The van der Waals surface area contributed by atoms with Gasteiger partial charge in [-0.25, -0.2) is 4.79 Å². The molecule has 0 bridgehead atoms. The van der Waals surface area contributed by atoms with Crippen molar-refractivity contribution in [2.75, 3.05) is 0 Å². The SMILES string of the molecule is CCC=C(C(=O)O)c1ccc2ccccc2c1. The maximum absolute atomic E-state index is 11.2. The summed E-state index contributed by atoms with van der Waals surface area (Å²) in [7, 11) is 0. The maximum Gasteiger partial charge on any atom is 0.335 e. The lowest BCUT2D eigenvalue weighted by molar-refractivity contribution is -0.130. The monoisotopic (exact) mass is 226 g/mol. The highest BCUT2D eigenvalue weighted by Crippen LogP contribution is 2.21. The van der Waals surface area contributed by atoms with Gasteiger partial charge in [-0.1, -0.05) is 49.4 Å². The van der Waals surface area contributed by atoms with E-state index in [0.717, 1.165) is 16.3 Å². The number of carbonyl (C=O) groups is 1. The summed E-state index contributed by atoms with van der Waals surface area (Å²) < 4.78 is 0. The summed E-state index contributed by atoms with van der Waals surface area (Å²) >= 11 is 0. The molecule has 1 N–H and O–H groups in total. The zero-order valence-corrected chi connectivity index (χ0v) is 9.68. The fourth-order valence-corrected chi connectivity index (χ4v) is 1.89. The smallest absolute Gasteiger partial charge is 0.335 e. The molecule has 2 heteroatoms. The lowest BCUT2D eigenvalue weighted by atomic mass is 10.0. The Balaban J connectivity index is 2.55. The van der Waals surface area contributed by atoms with Crippen LogP contribution in [0.4, 0.5) is 0 Å². The van der Waals surface area contributed by atoms with Crippen LogP contribution in [-0.4, -0.2) is 11.1 Å². The fourth-order valence-electron chi connectivity index (χ4n) is 1.89. The van der Waals surface area contributed by atoms with Crippen molar-refractivity contribution in [1.29, 1.82) is 0 Å². The zero-order chi connectivity index (χ0) is 12.3. The highest BCUT2D eigenvalue weighted by atomic mass is 16.4. The minimum absolute atomic E-state index is 0.373. The number of hydrogen-bond acceptors (Lipinski definition) is 1. The van der Waals surface area contributed by atoms with Crippen molar-refractivity contribution in [2.24, 2.45) is 0 Å². The van der Waals surface area contributed by atoms with Crippen LogP contribution in [0, 0.1) is 0 Å². The Hall–Kier alpha value is -2.09. The largest absolute Gasteiger partial charge is 0.478 e. The minimum atomic E-state index is -0.873. The van der Waals surface area contributed by atoms with Gasteiger partial charge in [-0.2, -0.15) is 0 Å². The quantitative estimate of drug-likeness (QED) is 0.810. The molecule has 17 heavy (non-hydrogen) atoms. The molecular weight excluding hydrogens is 212 g/mol. The molecule has 2 aromatic carbocycles. The molecule has 0 unspecified atom stereocenters. The van der Waals surface area contributed by atoms with Gasteiger partial charge >= 0.3 is 5.97 Å². The number of fused-ring (bicyclic) bond motifs is 1. The van der Waals surface area contributed by atoms with Crippen LogP contribution in [-0.2, 0) is 4.79 Å². The van der Waals surface area contributed by atoms with Crippen molar-refractivity contribution < 1.29 is 9.90 Å². The predicted molar refractivity (Wildman–Crippen MR) is 69.9 cm³/mol. The van der Waals surface area contributed by atoms with Gasteiger partial charge in [-0.3, -0.25) is 0 Å². The summed E-state index contributed by atoms with van der Waals surface area (Å²) in [4.78, 5) is 11.2. The highest BCUT2D eigenvalue weighted by Gasteiger charge is 2.09. The van der Waals surface area contributed by atoms with Gasteiger partial charge in [-0.15, -0.1) is 0 Å². The van der Waals surface area contributed by atoms with Crippen molar-refractivity contribution in [3.63, 3.8) is 0 Å². The normalized spacial score (nSPS) is 11.7. The molecule has 0 aromatic heterocycles. The summed E-state index contributed by atoms with van der Waals surface area (Å²) in [5.74, 6) is -0.873. The number of carboxylic acid groups (broad SMARTS) is 1. The molecule has 0 heterocycles. The molecule has 0 saturated carbocycles. The van der Waals surface area contributed by atoms with E-state index in [0.29, 0.717) is 12.0 Å². The topological polar surface area (TPSA) is 37.3 Å². The molecule has 86 valence electrons. The van der Waals surface area contributed by atoms with Crippen molar-refractivity contribution in [2.45, 2.75) is 13.3 Å². The number of allylic oxidation sites excluding steroid dienone is 1. The number of carboxylic acids is 1. The highest BCUT2D eigenvalue weighted by molar-refractivity contribution is 6.16. The maximum atomic E-state index is 11.2. The third kappa shape index (κ3) is 2.36. The molecule has 2 aromatic rings. The molecule has 0 aliphatic rings. The van der Waals surface area contributed by atoms with E-state index in [1.807, 2.05) is 49.4 Å². The Bertz CT molecular complexity index is 582. The third-order valence-electron chi connectivity index (χ3n) is 2.70. The van der Waals surface area contributed by atoms with Gasteiger partial charge in [0, 0.05) is 0 Å². The molecule has 2 rings (SSSR count). The average Bonchev–Trinajstić information content (AvgIpc) is 2.35. The second-order valence-corrected chi connectivity index (χ2v) is 3.89. The molecule has 0 spiro atoms. The number of hydrogen-bond donors (Lipinski definition) is 1. The van der Waals surface area contributed by atoms with Crippen LogP contribution in [0.5, 0.6) is 0 Å². The van der Waals surface area contributed by atoms with E-state index in [1.54, 1.807) is 6.08 Å². The summed E-state index contributed by atoms with van der Waals surface area (Å²) in [6.45, 7) is 1.93.